The smallest absolute Gasteiger partial charge is 0.392 e. The molecule has 7 N–H and O–H groups in total. The molecule has 0 aromatic heterocycles. The molecule has 156 valence electrons. The van der Waals surface area contributed by atoms with Crippen LogP contribution in [-0.4, -0.2) is 57.2 Å². The van der Waals surface area contributed by atoms with E-state index in [9.17, 15) is 35.9 Å². The van der Waals surface area contributed by atoms with Gasteiger partial charge in [-0.1, -0.05) is 13.8 Å². The molecule has 0 saturated carbocycles. The summed E-state index contributed by atoms with van der Waals surface area (Å²) in [5, 5.41) is 23.9. The van der Waals surface area contributed by atoms with Crippen LogP contribution in [0.25, 0.3) is 0 Å². The summed E-state index contributed by atoms with van der Waals surface area (Å²) >= 11 is 0. The maximum Gasteiger partial charge on any atom is 0.392 e. The zero-order valence-electron chi connectivity index (χ0n) is 13.5. The van der Waals surface area contributed by atoms with E-state index in [-0.39, 0.29) is 34.0 Å². The molecule has 0 radical (unpaired) electrons. The largest absolute Gasteiger partial charge is 0.480 e. The van der Waals surface area contributed by atoms with E-state index < -0.39 is 49.3 Å². The van der Waals surface area contributed by atoms with Crippen LogP contribution in [-0.2, 0) is 30.7 Å². The number of aliphatic carboxylic acids is 2. The van der Waals surface area contributed by atoms with Gasteiger partial charge >= 0.3 is 24.3 Å². The number of carboxylic acid groups (broad SMARTS) is 2. The minimum Gasteiger partial charge on any atom is -0.480 e. The van der Waals surface area contributed by atoms with Gasteiger partial charge in [0.1, 0.15) is 6.04 Å². The number of halogens is 6. The molecule has 2 atom stereocenters. The summed E-state index contributed by atoms with van der Waals surface area (Å²) in [7, 11) is 0. The predicted octanol–water partition coefficient (Wildman–Crippen LogP) is 1.38. The van der Waals surface area contributed by atoms with Crippen LogP contribution in [0.5, 0.6) is 0 Å². The molecular formula is C11H22F6NO6W-. The van der Waals surface area contributed by atoms with Gasteiger partial charge in [-0.2, -0.15) is 26.3 Å². The summed E-state index contributed by atoms with van der Waals surface area (Å²) < 4.78 is 67.7. The quantitative estimate of drug-likeness (QED) is 0.300. The molecule has 0 bridgehead atoms. The molecule has 0 aliphatic heterocycles. The number of hydrogen-bond acceptors (Lipinski definition) is 4. The van der Waals surface area contributed by atoms with E-state index in [2.05, 4.69) is 5.73 Å². The topological polar surface area (TPSA) is 152 Å². The molecule has 0 aromatic carbocycles. The molecule has 0 spiro atoms. The first-order valence-corrected chi connectivity index (χ1v) is 5.68. The molecule has 0 heterocycles. The summed E-state index contributed by atoms with van der Waals surface area (Å²) in [6.07, 6.45) is -14.7. The van der Waals surface area contributed by atoms with Crippen LogP contribution in [0.15, 0.2) is 0 Å². The summed E-state index contributed by atoms with van der Waals surface area (Å²) in [5.74, 6) is -3.50. The third-order valence-corrected chi connectivity index (χ3v) is 1.48. The molecule has 0 aromatic rings. The fourth-order valence-corrected chi connectivity index (χ4v) is 0.643. The molecule has 7 nitrogen and oxygen atoms in total. The Morgan fingerprint density at radius 3 is 1.28 bits per heavy atom. The standard InChI is InChI=1S/C4H6F3NO2.C4H5F3O3.C2H6.CH3.H2O.W/c2*5-4(6,7)1-2(8)3(9)10;1-2;;;/h2H,1,8H2,(H,9,10);2,8H,1H2,(H,9,10);1-2H3;1H3;1H2;/q;;;-1;;. The number of rotatable bonds is 4. The van der Waals surface area contributed by atoms with Crippen LogP contribution in [0.4, 0.5) is 26.3 Å². The van der Waals surface area contributed by atoms with Crippen molar-refractivity contribution in [2.24, 2.45) is 5.73 Å². The third kappa shape index (κ3) is 35.2. The van der Waals surface area contributed by atoms with Crippen LogP contribution in [0.3, 0.4) is 0 Å². The number of carbonyl (C=O) groups is 2. The van der Waals surface area contributed by atoms with E-state index in [0.717, 1.165) is 0 Å². The van der Waals surface area contributed by atoms with Crippen molar-refractivity contribution >= 4 is 11.9 Å². The first-order chi connectivity index (χ1) is 9.65. The summed E-state index contributed by atoms with van der Waals surface area (Å²) in [5.41, 5.74) is 4.58. The normalized spacial score (nSPS) is 12.1. The van der Waals surface area contributed by atoms with Gasteiger partial charge in [0.2, 0.25) is 0 Å². The fraction of sp³-hybridized carbons (Fsp3) is 0.727. The van der Waals surface area contributed by atoms with Crippen LogP contribution < -0.4 is 5.73 Å². The second-order valence-electron chi connectivity index (χ2n) is 3.44. The van der Waals surface area contributed by atoms with Gasteiger partial charge in [0.25, 0.3) is 0 Å². The minimum absolute atomic E-state index is 0. The van der Waals surface area contributed by atoms with Crippen LogP contribution in [0.1, 0.15) is 26.7 Å². The molecule has 0 saturated heterocycles. The summed E-state index contributed by atoms with van der Waals surface area (Å²) in [6.45, 7) is 4.00. The van der Waals surface area contributed by atoms with E-state index in [1.807, 2.05) is 13.8 Å². The first-order valence-electron chi connectivity index (χ1n) is 5.68. The molecule has 2 unspecified atom stereocenters. The Morgan fingerprint density at radius 2 is 1.20 bits per heavy atom. The number of aliphatic hydroxyl groups excluding tert-OH is 1. The van der Waals surface area contributed by atoms with Gasteiger partial charge in [0.15, 0.2) is 6.10 Å². The van der Waals surface area contributed by atoms with E-state index in [1.165, 1.54) is 0 Å². The van der Waals surface area contributed by atoms with Crippen molar-refractivity contribution < 1.29 is 77.8 Å². The van der Waals surface area contributed by atoms with E-state index in [4.69, 9.17) is 15.3 Å². The number of carboxylic acids is 2. The number of hydrogen-bond donors (Lipinski definition) is 4. The maximum atomic E-state index is 11.3. The van der Waals surface area contributed by atoms with Crippen molar-refractivity contribution in [3.8, 4) is 0 Å². The van der Waals surface area contributed by atoms with Gasteiger partial charge in [-0.15, -0.1) is 0 Å². The van der Waals surface area contributed by atoms with Gasteiger partial charge in [-0.3, -0.25) is 4.79 Å². The van der Waals surface area contributed by atoms with Crippen molar-refractivity contribution in [2.45, 2.75) is 51.2 Å². The van der Waals surface area contributed by atoms with Crippen molar-refractivity contribution in [1.29, 1.82) is 0 Å². The van der Waals surface area contributed by atoms with Crippen molar-refractivity contribution in [1.82, 2.24) is 0 Å². The molecule has 0 rings (SSSR count). The van der Waals surface area contributed by atoms with Crippen molar-refractivity contribution in [2.75, 3.05) is 0 Å². The van der Waals surface area contributed by atoms with Crippen LogP contribution in [0.2, 0.25) is 0 Å². The summed E-state index contributed by atoms with van der Waals surface area (Å²) in [6, 6.07) is -1.85. The van der Waals surface area contributed by atoms with E-state index >= 15 is 0 Å². The van der Waals surface area contributed by atoms with Gasteiger partial charge in [0.05, 0.1) is 12.8 Å². The molecule has 0 fully saturated rings. The predicted molar refractivity (Wildman–Crippen MR) is 72.0 cm³/mol. The molecule has 0 aliphatic carbocycles. The van der Waals surface area contributed by atoms with Crippen LogP contribution in [0, 0.1) is 7.43 Å². The zero-order valence-corrected chi connectivity index (χ0v) is 16.4. The third-order valence-electron chi connectivity index (χ3n) is 1.48. The Balaban J connectivity index is -0.0000000591. The number of nitrogens with two attached hydrogens (primary N) is 1. The molecule has 14 heteroatoms. The second kappa shape index (κ2) is 17.9. The Labute approximate surface area is 154 Å². The van der Waals surface area contributed by atoms with Crippen LogP contribution >= 0.6 is 0 Å². The molecular weight excluding hydrogens is 540 g/mol. The second-order valence-corrected chi connectivity index (χ2v) is 3.44. The average molecular weight is 562 g/mol. The Hall–Kier alpha value is -0.912. The number of aliphatic hydroxyl groups is 1. The minimum atomic E-state index is -4.63. The summed E-state index contributed by atoms with van der Waals surface area (Å²) in [4.78, 5) is 19.4. The fourth-order valence-electron chi connectivity index (χ4n) is 0.643. The van der Waals surface area contributed by atoms with Gasteiger partial charge in [-0.05, 0) is 0 Å². The van der Waals surface area contributed by atoms with Gasteiger partial charge in [-0.25, -0.2) is 4.79 Å². The molecule has 25 heavy (non-hydrogen) atoms. The molecule has 0 aliphatic rings. The van der Waals surface area contributed by atoms with Gasteiger partial charge < -0.3 is 34.0 Å². The van der Waals surface area contributed by atoms with E-state index in [1.54, 1.807) is 0 Å². The zero-order chi connectivity index (χ0) is 18.7. The molecule has 0 amide bonds. The SMILES string of the molecule is CC.NC(CC(F)(F)F)C(=O)O.O.O=C(O)C(O)CC(F)(F)F.[CH3-].[W]. The number of alkyl halides is 6. The van der Waals surface area contributed by atoms with E-state index in [0.29, 0.717) is 0 Å². The maximum absolute atomic E-state index is 11.3. The van der Waals surface area contributed by atoms with Crippen molar-refractivity contribution in [3.05, 3.63) is 7.43 Å². The van der Waals surface area contributed by atoms with Crippen molar-refractivity contribution in [3.63, 3.8) is 0 Å². The monoisotopic (exact) mass is 562 g/mol. The first kappa shape index (κ1) is 39.2. The van der Waals surface area contributed by atoms with Gasteiger partial charge in [0, 0.05) is 21.1 Å². The Kier molecular flexibility index (Phi) is 28.1. The average Bonchev–Trinajstić information content (AvgIpc) is 2.27. The Morgan fingerprint density at radius 1 is 0.920 bits per heavy atom. The Bertz CT molecular complexity index is 308.